The molecule has 0 bridgehead atoms. The van der Waals surface area contributed by atoms with Crippen LogP contribution in [-0.4, -0.2) is 34.4 Å². The SMILES string of the molecule is COCC(C)C(=O)NCc1nnc(C(C)C)n1C. The molecule has 1 aromatic rings. The van der Waals surface area contributed by atoms with Gasteiger partial charge in [0.1, 0.15) is 5.82 Å². The molecule has 0 radical (unpaired) electrons. The summed E-state index contributed by atoms with van der Waals surface area (Å²) in [6, 6.07) is 0. The Kier molecular flexibility index (Phi) is 5.27. The summed E-state index contributed by atoms with van der Waals surface area (Å²) in [6.07, 6.45) is 0. The Balaban J connectivity index is 2.56. The van der Waals surface area contributed by atoms with Gasteiger partial charge in [-0.1, -0.05) is 20.8 Å². The Morgan fingerprint density at radius 1 is 1.39 bits per heavy atom. The first kappa shape index (κ1) is 14.6. The molecule has 1 unspecified atom stereocenters. The Morgan fingerprint density at radius 3 is 2.56 bits per heavy atom. The third-order valence-corrected chi connectivity index (χ3v) is 2.80. The van der Waals surface area contributed by atoms with Crippen molar-refractivity contribution < 1.29 is 9.53 Å². The first-order valence-electron chi connectivity index (χ1n) is 6.12. The monoisotopic (exact) mass is 254 g/mol. The van der Waals surface area contributed by atoms with Crippen molar-refractivity contribution in [2.24, 2.45) is 13.0 Å². The number of hydrogen-bond acceptors (Lipinski definition) is 4. The number of aromatic nitrogens is 3. The van der Waals surface area contributed by atoms with Crippen LogP contribution in [0.25, 0.3) is 0 Å². The van der Waals surface area contributed by atoms with E-state index in [0.29, 0.717) is 19.1 Å². The molecule has 0 aliphatic heterocycles. The summed E-state index contributed by atoms with van der Waals surface area (Å²) < 4.78 is 6.86. The minimum atomic E-state index is -0.159. The number of nitrogens with zero attached hydrogens (tertiary/aromatic N) is 3. The Bertz CT molecular complexity index is 401. The second kappa shape index (κ2) is 6.49. The first-order chi connectivity index (χ1) is 8.47. The van der Waals surface area contributed by atoms with Gasteiger partial charge in [-0.05, 0) is 0 Å². The fraction of sp³-hybridized carbons (Fsp3) is 0.750. The van der Waals surface area contributed by atoms with Crippen LogP contribution in [0.2, 0.25) is 0 Å². The van der Waals surface area contributed by atoms with E-state index in [9.17, 15) is 4.79 Å². The lowest BCUT2D eigenvalue weighted by Crippen LogP contribution is -2.31. The second-order valence-electron chi connectivity index (χ2n) is 4.76. The molecule has 18 heavy (non-hydrogen) atoms. The van der Waals surface area contributed by atoms with E-state index in [0.717, 1.165) is 11.6 Å². The third-order valence-electron chi connectivity index (χ3n) is 2.80. The topological polar surface area (TPSA) is 69.0 Å². The zero-order valence-electron chi connectivity index (χ0n) is 11.7. The molecule has 0 spiro atoms. The van der Waals surface area contributed by atoms with Crippen LogP contribution < -0.4 is 5.32 Å². The van der Waals surface area contributed by atoms with E-state index in [2.05, 4.69) is 29.4 Å². The van der Waals surface area contributed by atoms with Gasteiger partial charge in [0.25, 0.3) is 0 Å². The molecule has 1 atom stereocenters. The van der Waals surface area contributed by atoms with Gasteiger partial charge < -0.3 is 14.6 Å². The van der Waals surface area contributed by atoms with E-state index in [4.69, 9.17) is 4.74 Å². The quantitative estimate of drug-likeness (QED) is 0.816. The fourth-order valence-electron chi connectivity index (χ4n) is 1.70. The maximum absolute atomic E-state index is 11.7. The molecule has 0 saturated heterocycles. The smallest absolute Gasteiger partial charge is 0.225 e. The maximum atomic E-state index is 11.7. The molecule has 0 aliphatic carbocycles. The van der Waals surface area contributed by atoms with Gasteiger partial charge in [0.2, 0.25) is 5.91 Å². The van der Waals surface area contributed by atoms with Crippen LogP contribution >= 0.6 is 0 Å². The average molecular weight is 254 g/mol. The molecule has 0 saturated carbocycles. The average Bonchev–Trinajstić information content (AvgIpc) is 2.68. The van der Waals surface area contributed by atoms with Crippen LogP contribution in [0.4, 0.5) is 0 Å². The molecule has 1 N–H and O–H groups in total. The van der Waals surface area contributed by atoms with E-state index in [-0.39, 0.29) is 11.8 Å². The number of hydrogen-bond donors (Lipinski definition) is 1. The normalized spacial score (nSPS) is 12.8. The molecule has 6 heteroatoms. The van der Waals surface area contributed by atoms with E-state index < -0.39 is 0 Å². The van der Waals surface area contributed by atoms with Crippen LogP contribution in [0.15, 0.2) is 0 Å². The predicted octanol–water partition coefficient (Wildman–Crippen LogP) is 0.837. The number of carbonyl (C=O) groups excluding carboxylic acids is 1. The Morgan fingerprint density at radius 2 is 2.06 bits per heavy atom. The highest BCUT2D eigenvalue weighted by molar-refractivity contribution is 5.78. The van der Waals surface area contributed by atoms with Crippen molar-refractivity contribution in [3.8, 4) is 0 Å². The molecule has 6 nitrogen and oxygen atoms in total. The van der Waals surface area contributed by atoms with Crippen molar-refractivity contribution in [2.75, 3.05) is 13.7 Å². The minimum Gasteiger partial charge on any atom is -0.384 e. The number of ether oxygens (including phenoxy) is 1. The lowest BCUT2D eigenvalue weighted by Gasteiger charge is -2.11. The molecule has 102 valence electrons. The standard InChI is InChI=1S/C12H22N4O2/c1-8(2)11-15-14-10(16(11)4)6-13-12(17)9(3)7-18-5/h8-9H,6-7H2,1-5H3,(H,13,17). The van der Waals surface area contributed by atoms with E-state index in [1.54, 1.807) is 7.11 Å². The third kappa shape index (κ3) is 3.53. The summed E-state index contributed by atoms with van der Waals surface area (Å²) in [7, 11) is 3.50. The van der Waals surface area contributed by atoms with Crippen molar-refractivity contribution in [2.45, 2.75) is 33.2 Å². The maximum Gasteiger partial charge on any atom is 0.225 e. The van der Waals surface area contributed by atoms with Crippen LogP contribution in [0.1, 0.15) is 38.3 Å². The fourth-order valence-corrected chi connectivity index (χ4v) is 1.70. The highest BCUT2D eigenvalue weighted by Crippen LogP contribution is 2.11. The van der Waals surface area contributed by atoms with Gasteiger partial charge in [0, 0.05) is 20.1 Å². The summed E-state index contributed by atoms with van der Waals surface area (Å²) in [5.74, 6) is 1.80. The molecular weight excluding hydrogens is 232 g/mol. The summed E-state index contributed by atoms with van der Waals surface area (Å²) in [6.45, 7) is 6.76. The number of carbonyl (C=O) groups is 1. The van der Waals surface area contributed by atoms with Crippen LogP contribution in [0.3, 0.4) is 0 Å². The van der Waals surface area contributed by atoms with Gasteiger partial charge in [-0.3, -0.25) is 4.79 Å². The Labute approximate surface area is 108 Å². The van der Waals surface area contributed by atoms with Crippen molar-refractivity contribution in [1.82, 2.24) is 20.1 Å². The van der Waals surface area contributed by atoms with E-state index >= 15 is 0 Å². The van der Waals surface area contributed by atoms with Gasteiger partial charge >= 0.3 is 0 Å². The summed E-state index contributed by atoms with van der Waals surface area (Å²) >= 11 is 0. The summed E-state index contributed by atoms with van der Waals surface area (Å²) in [4.78, 5) is 11.7. The molecule has 1 aromatic heterocycles. The Hall–Kier alpha value is -1.43. The largest absolute Gasteiger partial charge is 0.384 e. The van der Waals surface area contributed by atoms with Gasteiger partial charge in [-0.25, -0.2) is 0 Å². The highest BCUT2D eigenvalue weighted by Gasteiger charge is 2.15. The molecule has 1 rings (SSSR count). The second-order valence-corrected chi connectivity index (χ2v) is 4.76. The van der Waals surface area contributed by atoms with E-state index in [1.165, 1.54) is 0 Å². The number of methoxy groups -OCH3 is 1. The van der Waals surface area contributed by atoms with Gasteiger partial charge in [-0.15, -0.1) is 10.2 Å². The molecule has 0 aromatic carbocycles. The molecule has 1 amide bonds. The molecule has 0 fully saturated rings. The molecule has 0 aliphatic rings. The van der Waals surface area contributed by atoms with Crippen LogP contribution in [0.5, 0.6) is 0 Å². The van der Waals surface area contributed by atoms with Gasteiger partial charge in [0.05, 0.1) is 19.1 Å². The molecular formula is C12H22N4O2. The first-order valence-corrected chi connectivity index (χ1v) is 6.12. The van der Waals surface area contributed by atoms with Gasteiger partial charge in [-0.2, -0.15) is 0 Å². The lowest BCUT2D eigenvalue weighted by molar-refractivity contribution is -0.126. The number of nitrogens with one attached hydrogen (secondary N) is 1. The lowest BCUT2D eigenvalue weighted by atomic mass is 10.2. The molecule has 1 heterocycles. The van der Waals surface area contributed by atoms with Crippen LogP contribution in [0, 0.1) is 5.92 Å². The number of amides is 1. The summed E-state index contributed by atoms with van der Waals surface area (Å²) in [5.41, 5.74) is 0. The van der Waals surface area contributed by atoms with Crippen molar-refractivity contribution in [3.63, 3.8) is 0 Å². The van der Waals surface area contributed by atoms with Gasteiger partial charge in [0.15, 0.2) is 5.82 Å². The minimum absolute atomic E-state index is 0.0362. The summed E-state index contributed by atoms with van der Waals surface area (Å²) in [5, 5.41) is 11.0. The van der Waals surface area contributed by atoms with Crippen molar-refractivity contribution in [1.29, 1.82) is 0 Å². The van der Waals surface area contributed by atoms with Crippen molar-refractivity contribution in [3.05, 3.63) is 11.6 Å². The zero-order valence-corrected chi connectivity index (χ0v) is 11.7. The van der Waals surface area contributed by atoms with Crippen molar-refractivity contribution >= 4 is 5.91 Å². The number of rotatable bonds is 6. The highest BCUT2D eigenvalue weighted by atomic mass is 16.5. The van der Waals surface area contributed by atoms with Crippen LogP contribution in [-0.2, 0) is 23.1 Å². The predicted molar refractivity (Wildman–Crippen MR) is 68.0 cm³/mol. The zero-order chi connectivity index (χ0) is 13.7. The van der Waals surface area contributed by atoms with E-state index in [1.807, 2.05) is 18.5 Å².